The summed E-state index contributed by atoms with van der Waals surface area (Å²) in [4.78, 5) is 38.6. The third kappa shape index (κ3) is 3.97. The number of thioether (sulfide) groups is 1. The molecule has 0 radical (unpaired) electrons. The van der Waals surface area contributed by atoms with Crippen LogP contribution >= 0.6 is 11.8 Å². The lowest BCUT2D eigenvalue weighted by atomic mass is 10.2. The summed E-state index contributed by atoms with van der Waals surface area (Å²) in [5.74, 6) is -0.723. The van der Waals surface area contributed by atoms with Gasteiger partial charge < -0.3 is 4.74 Å². The predicted molar refractivity (Wildman–Crippen MR) is 98.1 cm³/mol. The van der Waals surface area contributed by atoms with E-state index >= 15 is 0 Å². The Morgan fingerprint density at radius 2 is 1.85 bits per heavy atom. The van der Waals surface area contributed by atoms with Crippen molar-refractivity contribution in [1.82, 2.24) is 10.9 Å². The fraction of sp³-hybridized carbons (Fsp3) is 0.167. The maximum absolute atomic E-state index is 12.1. The Kier molecular flexibility index (Phi) is 5.43. The number of rotatable bonds is 4. The lowest BCUT2D eigenvalue weighted by molar-refractivity contribution is -0.125. The molecule has 3 amide bonds. The SMILES string of the molecule is CSc1ccc(C(=O)NNC(=O)CN2C(=O)COc3ccccc32)cc1. The molecule has 2 aromatic carbocycles. The van der Waals surface area contributed by atoms with Gasteiger partial charge in [-0.15, -0.1) is 11.8 Å². The van der Waals surface area contributed by atoms with E-state index in [1.54, 1.807) is 48.2 Å². The lowest BCUT2D eigenvalue weighted by Crippen LogP contribution is -2.49. The summed E-state index contributed by atoms with van der Waals surface area (Å²) in [6, 6.07) is 14.0. The van der Waals surface area contributed by atoms with Crippen LogP contribution in [0.25, 0.3) is 0 Å². The molecular formula is C18H17N3O4S. The minimum atomic E-state index is -0.510. The summed E-state index contributed by atoms with van der Waals surface area (Å²) in [6.45, 7) is -0.344. The average molecular weight is 371 g/mol. The molecule has 7 nitrogen and oxygen atoms in total. The van der Waals surface area contributed by atoms with E-state index in [1.807, 2.05) is 18.4 Å². The first-order chi connectivity index (χ1) is 12.6. The van der Waals surface area contributed by atoms with Crippen LogP contribution in [0.15, 0.2) is 53.4 Å². The quantitative estimate of drug-likeness (QED) is 0.630. The number of amides is 3. The zero-order valence-corrected chi connectivity index (χ0v) is 14.8. The second kappa shape index (κ2) is 7.92. The van der Waals surface area contributed by atoms with E-state index in [0.29, 0.717) is 17.0 Å². The molecule has 0 spiro atoms. The second-order valence-corrected chi connectivity index (χ2v) is 6.35. The Labute approximate surface area is 154 Å². The number of nitrogens with one attached hydrogen (secondary N) is 2. The average Bonchev–Trinajstić information content (AvgIpc) is 2.68. The number of ether oxygens (including phenoxy) is 1. The van der Waals surface area contributed by atoms with E-state index in [2.05, 4.69) is 10.9 Å². The molecule has 0 saturated carbocycles. The van der Waals surface area contributed by atoms with Gasteiger partial charge in [0.25, 0.3) is 17.7 Å². The first-order valence-electron chi connectivity index (χ1n) is 7.84. The van der Waals surface area contributed by atoms with Crippen LogP contribution in [0.3, 0.4) is 0 Å². The molecule has 0 aromatic heterocycles. The van der Waals surface area contributed by atoms with Crippen molar-refractivity contribution in [3.8, 4) is 5.75 Å². The summed E-state index contributed by atoms with van der Waals surface area (Å²) >= 11 is 1.57. The largest absolute Gasteiger partial charge is 0.482 e. The first kappa shape index (κ1) is 17.8. The Morgan fingerprint density at radius 1 is 1.12 bits per heavy atom. The predicted octanol–water partition coefficient (Wildman–Crippen LogP) is 1.60. The van der Waals surface area contributed by atoms with E-state index in [4.69, 9.17) is 4.74 Å². The molecule has 1 aliphatic heterocycles. The van der Waals surface area contributed by atoms with Gasteiger partial charge in [-0.25, -0.2) is 0 Å². The Morgan fingerprint density at radius 3 is 2.58 bits per heavy atom. The molecule has 0 atom stereocenters. The zero-order valence-electron chi connectivity index (χ0n) is 14.0. The number of carbonyl (C=O) groups excluding carboxylic acids is 3. The van der Waals surface area contributed by atoms with Gasteiger partial charge >= 0.3 is 0 Å². The molecule has 26 heavy (non-hydrogen) atoms. The van der Waals surface area contributed by atoms with Gasteiger partial charge in [0, 0.05) is 10.5 Å². The Balaban J connectivity index is 1.59. The summed E-state index contributed by atoms with van der Waals surface area (Å²) in [6.07, 6.45) is 1.94. The van der Waals surface area contributed by atoms with E-state index in [1.165, 1.54) is 4.90 Å². The van der Waals surface area contributed by atoms with E-state index in [9.17, 15) is 14.4 Å². The van der Waals surface area contributed by atoms with Crippen molar-refractivity contribution in [2.24, 2.45) is 0 Å². The monoisotopic (exact) mass is 371 g/mol. The number of fused-ring (bicyclic) bond motifs is 1. The molecule has 1 heterocycles. The molecule has 0 aliphatic carbocycles. The van der Waals surface area contributed by atoms with Gasteiger partial charge in [-0.3, -0.25) is 30.1 Å². The molecule has 1 aliphatic rings. The molecule has 3 rings (SSSR count). The molecule has 0 unspecified atom stereocenters. The standard InChI is InChI=1S/C18H17N3O4S/c1-26-13-8-6-12(7-9-13)18(24)20-19-16(22)10-21-14-4-2-3-5-15(14)25-11-17(21)23/h2-9H,10-11H2,1H3,(H,19,22)(H,20,24). The maximum atomic E-state index is 12.1. The number of hydrogen-bond donors (Lipinski definition) is 2. The highest BCUT2D eigenvalue weighted by Crippen LogP contribution is 2.31. The van der Waals surface area contributed by atoms with Crippen LogP contribution in [0.5, 0.6) is 5.75 Å². The van der Waals surface area contributed by atoms with Gasteiger partial charge in [-0.2, -0.15) is 0 Å². The minimum Gasteiger partial charge on any atom is -0.482 e. The van der Waals surface area contributed by atoms with Crippen LogP contribution in [0, 0.1) is 0 Å². The fourth-order valence-corrected chi connectivity index (χ4v) is 2.86. The number of nitrogens with zero attached hydrogens (tertiary/aromatic N) is 1. The highest BCUT2D eigenvalue weighted by Gasteiger charge is 2.27. The van der Waals surface area contributed by atoms with Crippen molar-refractivity contribution < 1.29 is 19.1 Å². The highest BCUT2D eigenvalue weighted by atomic mass is 32.2. The number of carbonyl (C=O) groups is 3. The lowest BCUT2D eigenvalue weighted by Gasteiger charge is -2.28. The third-order valence-electron chi connectivity index (χ3n) is 3.78. The van der Waals surface area contributed by atoms with Gasteiger partial charge in [-0.05, 0) is 42.7 Å². The van der Waals surface area contributed by atoms with Gasteiger partial charge in [0.05, 0.1) is 5.69 Å². The molecule has 2 N–H and O–H groups in total. The van der Waals surface area contributed by atoms with Gasteiger partial charge in [0.2, 0.25) is 0 Å². The number of hydrogen-bond acceptors (Lipinski definition) is 5. The zero-order chi connectivity index (χ0) is 18.5. The summed E-state index contributed by atoms with van der Waals surface area (Å²) < 4.78 is 5.33. The Hall–Kier alpha value is -3.00. The van der Waals surface area contributed by atoms with Crippen molar-refractivity contribution in [2.45, 2.75) is 4.90 Å². The van der Waals surface area contributed by atoms with Crippen LogP contribution in [0.1, 0.15) is 10.4 Å². The fourth-order valence-electron chi connectivity index (χ4n) is 2.45. The molecule has 134 valence electrons. The molecule has 8 heteroatoms. The van der Waals surface area contributed by atoms with E-state index in [0.717, 1.165) is 4.90 Å². The van der Waals surface area contributed by atoms with Crippen molar-refractivity contribution in [1.29, 1.82) is 0 Å². The van der Waals surface area contributed by atoms with Crippen molar-refractivity contribution >= 4 is 35.2 Å². The summed E-state index contributed by atoms with van der Waals surface area (Å²) in [5.41, 5.74) is 5.63. The smallest absolute Gasteiger partial charge is 0.269 e. The van der Waals surface area contributed by atoms with E-state index < -0.39 is 11.8 Å². The van der Waals surface area contributed by atoms with Crippen LogP contribution in [-0.4, -0.2) is 37.1 Å². The van der Waals surface area contributed by atoms with Crippen LogP contribution in [0.4, 0.5) is 5.69 Å². The normalized spacial score (nSPS) is 12.8. The van der Waals surface area contributed by atoms with Crippen molar-refractivity contribution in [2.75, 3.05) is 24.3 Å². The number of hydrazine groups is 1. The molecule has 0 bridgehead atoms. The highest BCUT2D eigenvalue weighted by molar-refractivity contribution is 7.98. The summed E-state index contributed by atoms with van der Waals surface area (Å²) in [5, 5.41) is 0. The molecule has 2 aromatic rings. The molecular weight excluding hydrogens is 354 g/mol. The second-order valence-electron chi connectivity index (χ2n) is 5.47. The van der Waals surface area contributed by atoms with Crippen LogP contribution < -0.4 is 20.5 Å². The third-order valence-corrected chi connectivity index (χ3v) is 4.52. The number of para-hydroxylation sites is 2. The molecule has 0 fully saturated rings. The van der Waals surface area contributed by atoms with Gasteiger partial charge in [-0.1, -0.05) is 12.1 Å². The number of anilines is 1. The molecule has 0 saturated heterocycles. The van der Waals surface area contributed by atoms with E-state index in [-0.39, 0.29) is 19.1 Å². The minimum absolute atomic E-state index is 0.127. The maximum Gasteiger partial charge on any atom is 0.269 e. The first-order valence-corrected chi connectivity index (χ1v) is 9.06. The summed E-state index contributed by atoms with van der Waals surface area (Å²) in [7, 11) is 0. The van der Waals surface area contributed by atoms with Crippen molar-refractivity contribution in [3.05, 3.63) is 54.1 Å². The van der Waals surface area contributed by atoms with Crippen LogP contribution in [0.2, 0.25) is 0 Å². The van der Waals surface area contributed by atoms with Gasteiger partial charge in [0.1, 0.15) is 12.3 Å². The number of benzene rings is 2. The van der Waals surface area contributed by atoms with Crippen LogP contribution in [-0.2, 0) is 9.59 Å². The topological polar surface area (TPSA) is 87.7 Å². The van der Waals surface area contributed by atoms with Gasteiger partial charge in [0.15, 0.2) is 6.61 Å². The Bertz CT molecular complexity index is 839. The van der Waals surface area contributed by atoms with Crippen molar-refractivity contribution in [3.63, 3.8) is 0 Å².